The van der Waals surface area contributed by atoms with Crippen molar-refractivity contribution in [2.45, 2.75) is 44.2 Å². The molecule has 0 radical (unpaired) electrons. The molecular weight excluding hydrogens is 382 g/mol. The third kappa shape index (κ3) is 4.68. The number of likely N-dealkylation sites (tertiary alicyclic amines) is 1. The van der Waals surface area contributed by atoms with Crippen LogP contribution in [0, 0.1) is 0 Å². The molecule has 1 saturated heterocycles. The average molecular weight is 416 g/mol. The summed E-state index contributed by atoms with van der Waals surface area (Å²) in [6, 6.07) is 27.8. The fourth-order valence-corrected chi connectivity index (χ4v) is 4.80. The van der Waals surface area contributed by atoms with Crippen molar-refractivity contribution in [3.05, 3.63) is 101 Å². The van der Waals surface area contributed by atoms with Gasteiger partial charge in [-0.15, -0.1) is 0 Å². The van der Waals surface area contributed by atoms with Gasteiger partial charge in [-0.05, 0) is 74.2 Å². The molecule has 1 heterocycles. The fourth-order valence-electron chi connectivity index (χ4n) is 4.80. The SMILES string of the molecule is COc1cccc(C2(c3ccc(C(C)(C)O)cc3)CCN(Cc3ccccc3)CC2)c1. The van der Waals surface area contributed by atoms with Crippen LogP contribution in [0.15, 0.2) is 78.9 Å². The van der Waals surface area contributed by atoms with E-state index in [1.54, 1.807) is 7.11 Å². The highest BCUT2D eigenvalue weighted by atomic mass is 16.5. The molecule has 1 N–H and O–H groups in total. The summed E-state index contributed by atoms with van der Waals surface area (Å²) in [4.78, 5) is 2.55. The van der Waals surface area contributed by atoms with Gasteiger partial charge in [0.25, 0.3) is 0 Å². The number of hydrogen-bond donors (Lipinski definition) is 1. The van der Waals surface area contributed by atoms with Gasteiger partial charge in [0.15, 0.2) is 0 Å². The molecule has 3 aromatic carbocycles. The quantitative estimate of drug-likeness (QED) is 0.577. The highest BCUT2D eigenvalue weighted by Gasteiger charge is 2.38. The van der Waals surface area contributed by atoms with Gasteiger partial charge >= 0.3 is 0 Å². The molecule has 0 saturated carbocycles. The van der Waals surface area contributed by atoms with Crippen molar-refractivity contribution in [1.29, 1.82) is 0 Å². The number of ether oxygens (including phenoxy) is 1. The lowest BCUT2D eigenvalue weighted by Crippen LogP contribution is -2.43. The number of rotatable bonds is 6. The number of piperidine rings is 1. The van der Waals surface area contributed by atoms with Crippen LogP contribution in [-0.4, -0.2) is 30.2 Å². The first-order chi connectivity index (χ1) is 14.9. The molecule has 1 aliphatic rings. The second kappa shape index (κ2) is 8.86. The molecule has 162 valence electrons. The first-order valence-electron chi connectivity index (χ1n) is 11.1. The van der Waals surface area contributed by atoms with E-state index >= 15 is 0 Å². The molecule has 0 atom stereocenters. The van der Waals surface area contributed by atoms with Crippen LogP contribution in [0.25, 0.3) is 0 Å². The van der Waals surface area contributed by atoms with Gasteiger partial charge in [0.05, 0.1) is 12.7 Å². The maximum Gasteiger partial charge on any atom is 0.119 e. The Labute approximate surface area is 186 Å². The van der Waals surface area contributed by atoms with Crippen LogP contribution >= 0.6 is 0 Å². The molecule has 0 spiro atoms. The largest absolute Gasteiger partial charge is 0.497 e. The fraction of sp³-hybridized carbons (Fsp3) is 0.357. The monoisotopic (exact) mass is 415 g/mol. The lowest BCUT2D eigenvalue weighted by atomic mass is 9.67. The van der Waals surface area contributed by atoms with Crippen molar-refractivity contribution >= 4 is 0 Å². The average Bonchev–Trinajstić information content (AvgIpc) is 2.80. The van der Waals surface area contributed by atoms with E-state index in [-0.39, 0.29) is 5.41 Å². The van der Waals surface area contributed by atoms with Crippen LogP contribution in [-0.2, 0) is 17.6 Å². The van der Waals surface area contributed by atoms with Crippen LogP contribution in [0.5, 0.6) is 5.75 Å². The standard InChI is InChI=1S/C28H33NO2/c1-27(2,30)23-12-14-24(15-13-23)28(25-10-7-11-26(20-25)31-3)16-18-29(19-17-28)21-22-8-5-4-6-9-22/h4-15,20,30H,16-19,21H2,1-3H3. The predicted octanol–water partition coefficient (Wildman–Crippen LogP) is 5.50. The Kier molecular flexibility index (Phi) is 6.17. The molecule has 1 fully saturated rings. The molecule has 0 unspecified atom stereocenters. The number of nitrogens with zero attached hydrogens (tertiary/aromatic N) is 1. The zero-order chi connectivity index (χ0) is 21.9. The van der Waals surface area contributed by atoms with Gasteiger partial charge in [-0.1, -0.05) is 66.7 Å². The van der Waals surface area contributed by atoms with Crippen LogP contribution in [0.2, 0.25) is 0 Å². The Morgan fingerprint density at radius 2 is 1.55 bits per heavy atom. The van der Waals surface area contributed by atoms with Gasteiger partial charge in [0, 0.05) is 12.0 Å². The highest BCUT2D eigenvalue weighted by Crippen LogP contribution is 2.43. The van der Waals surface area contributed by atoms with Crippen LogP contribution in [0.1, 0.15) is 48.9 Å². The van der Waals surface area contributed by atoms with Crippen molar-refractivity contribution in [2.24, 2.45) is 0 Å². The van der Waals surface area contributed by atoms with E-state index in [9.17, 15) is 5.11 Å². The van der Waals surface area contributed by atoms with Crippen molar-refractivity contribution in [2.75, 3.05) is 20.2 Å². The molecule has 1 aliphatic heterocycles. The molecule has 3 heteroatoms. The van der Waals surface area contributed by atoms with Gasteiger partial charge < -0.3 is 9.84 Å². The van der Waals surface area contributed by atoms with Gasteiger partial charge in [-0.2, -0.15) is 0 Å². The smallest absolute Gasteiger partial charge is 0.119 e. The zero-order valence-corrected chi connectivity index (χ0v) is 18.8. The summed E-state index contributed by atoms with van der Waals surface area (Å²) < 4.78 is 5.55. The molecule has 31 heavy (non-hydrogen) atoms. The van der Waals surface area contributed by atoms with Crippen molar-refractivity contribution in [1.82, 2.24) is 4.90 Å². The van der Waals surface area contributed by atoms with Gasteiger partial charge in [0.1, 0.15) is 5.75 Å². The first kappa shape index (κ1) is 21.6. The topological polar surface area (TPSA) is 32.7 Å². The predicted molar refractivity (Wildman–Crippen MR) is 126 cm³/mol. The Morgan fingerprint density at radius 1 is 0.871 bits per heavy atom. The van der Waals surface area contributed by atoms with Gasteiger partial charge in [-0.3, -0.25) is 4.90 Å². The van der Waals surface area contributed by atoms with E-state index in [2.05, 4.69) is 77.7 Å². The van der Waals surface area contributed by atoms with E-state index in [1.807, 2.05) is 19.9 Å². The van der Waals surface area contributed by atoms with E-state index < -0.39 is 5.60 Å². The third-order valence-corrected chi connectivity index (χ3v) is 6.72. The van der Waals surface area contributed by atoms with Crippen LogP contribution in [0.3, 0.4) is 0 Å². The number of methoxy groups -OCH3 is 1. The molecule has 4 rings (SSSR count). The first-order valence-corrected chi connectivity index (χ1v) is 11.1. The van der Waals surface area contributed by atoms with Crippen molar-refractivity contribution in [3.8, 4) is 5.75 Å². The van der Waals surface area contributed by atoms with Crippen molar-refractivity contribution < 1.29 is 9.84 Å². The summed E-state index contributed by atoms with van der Waals surface area (Å²) in [6.07, 6.45) is 2.10. The Morgan fingerprint density at radius 3 is 2.16 bits per heavy atom. The molecular formula is C28H33NO2. The minimum absolute atomic E-state index is 0.0557. The number of aliphatic hydroxyl groups is 1. The second-order valence-corrected chi connectivity index (χ2v) is 9.21. The Bertz CT molecular complexity index is 982. The lowest BCUT2D eigenvalue weighted by Gasteiger charge is -2.43. The van der Waals surface area contributed by atoms with Crippen molar-refractivity contribution in [3.63, 3.8) is 0 Å². The van der Waals surface area contributed by atoms with Gasteiger partial charge in [-0.25, -0.2) is 0 Å². The van der Waals surface area contributed by atoms with E-state index in [0.29, 0.717) is 0 Å². The maximum absolute atomic E-state index is 10.4. The lowest BCUT2D eigenvalue weighted by molar-refractivity contribution is 0.0785. The van der Waals surface area contributed by atoms with E-state index in [0.717, 1.165) is 43.8 Å². The van der Waals surface area contributed by atoms with Gasteiger partial charge in [0.2, 0.25) is 0 Å². The summed E-state index contributed by atoms with van der Waals surface area (Å²) in [5.74, 6) is 0.900. The third-order valence-electron chi connectivity index (χ3n) is 6.72. The minimum Gasteiger partial charge on any atom is -0.497 e. The second-order valence-electron chi connectivity index (χ2n) is 9.21. The highest BCUT2D eigenvalue weighted by molar-refractivity contribution is 5.44. The normalized spacial score (nSPS) is 16.8. The minimum atomic E-state index is -0.833. The zero-order valence-electron chi connectivity index (χ0n) is 18.8. The summed E-state index contributed by atoms with van der Waals surface area (Å²) in [5.41, 5.74) is 4.04. The molecule has 0 bridgehead atoms. The van der Waals surface area contributed by atoms with Crippen LogP contribution < -0.4 is 4.74 Å². The molecule has 3 nitrogen and oxygen atoms in total. The molecule has 0 amide bonds. The number of benzene rings is 3. The molecule has 0 aromatic heterocycles. The van der Waals surface area contributed by atoms with E-state index in [1.165, 1.54) is 16.7 Å². The summed E-state index contributed by atoms with van der Waals surface area (Å²) >= 11 is 0. The number of hydrogen-bond acceptors (Lipinski definition) is 3. The Hall–Kier alpha value is -2.62. The summed E-state index contributed by atoms with van der Waals surface area (Å²) in [6.45, 7) is 6.75. The maximum atomic E-state index is 10.4. The Balaban J connectivity index is 1.64. The summed E-state index contributed by atoms with van der Waals surface area (Å²) in [7, 11) is 1.73. The summed E-state index contributed by atoms with van der Waals surface area (Å²) in [5, 5.41) is 10.4. The molecule has 3 aromatic rings. The van der Waals surface area contributed by atoms with E-state index in [4.69, 9.17) is 4.74 Å². The molecule has 0 aliphatic carbocycles. The van der Waals surface area contributed by atoms with Crippen LogP contribution in [0.4, 0.5) is 0 Å².